The summed E-state index contributed by atoms with van der Waals surface area (Å²) in [5, 5.41) is 3.56. The van der Waals surface area contributed by atoms with E-state index in [4.69, 9.17) is 16.3 Å². The van der Waals surface area contributed by atoms with Crippen LogP contribution in [0.4, 0.5) is 0 Å². The van der Waals surface area contributed by atoms with E-state index in [2.05, 4.69) is 5.32 Å². The smallest absolute Gasteiger partial charge is 0.251 e. The van der Waals surface area contributed by atoms with Crippen LogP contribution in [0, 0.1) is 0 Å². The van der Waals surface area contributed by atoms with Gasteiger partial charge in [0.25, 0.3) is 5.91 Å². The number of carbonyl (C=O) groups is 1. The maximum Gasteiger partial charge on any atom is 0.251 e. The fraction of sp³-hybridized carbons (Fsp3) is 0.188. The Labute approximate surface area is 122 Å². The Morgan fingerprint density at radius 1 is 1.20 bits per heavy atom. The molecule has 2 aromatic rings. The third-order valence-electron chi connectivity index (χ3n) is 3.41. The first-order valence-electron chi connectivity index (χ1n) is 6.49. The quantitative estimate of drug-likeness (QED) is 0.941. The number of halogens is 1. The zero-order valence-electron chi connectivity index (χ0n) is 10.8. The van der Waals surface area contributed by atoms with E-state index in [0.29, 0.717) is 23.7 Å². The lowest BCUT2D eigenvalue weighted by molar-refractivity contribution is 0.0950. The molecule has 1 amide bonds. The average Bonchev–Trinajstić information content (AvgIpc) is 2.89. The summed E-state index contributed by atoms with van der Waals surface area (Å²) < 4.78 is 5.60. The molecule has 0 spiro atoms. The maximum atomic E-state index is 12.0. The SMILES string of the molecule is O=C(NCC1COc2ccccc21)c1ccc(Cl)cc1. The molecule has 0 aliphatic carbocycles. The average molecular weight is 288 g/mol. The summed E-state index contributed by atoms with van der Waals surface area (Å²) in [6, 6.07) is 14.8. The van der Waals surface area contributed by atoms with Gasteiger partial charge in [0.1, 0.15) is 5.75 Å². The predicted octanol–water partition coefficient (Wildman–Crippen LogP) is 3.25. The number of hydrogen-bond acceptors (Lipinski definition) is 2. The number of rotatable bonds is 3. The van der Waals surface area contributed by atoms with Gasteiger partial charge in [-0.15, -0.1) is 0 Å². The van der Waals surface area contributed by atoms with E-state index in [0.717, 1.165) is 11.3 Å². The van der Waals surface area contributed by atoms with Gasteiger partial charge < -0.3 is 10.1 Å². The largest absolute Gasteiger partial charge is 0.493 e. The van der Waals surface area contributed by atoms with Gasteiger partial charge >= 0.3 is 0 Å². The standard InChI is InChI=1S/C16H14ClNO2/c17-13-7-5-11(6-8-13)16(19)18-9-12-10-20-15-4-2-1-3-14(12)15/h1-8,12H,9-10H2,(H,18,19). The molecular weight excluding hydrogens is 274 g/mol. The van der Waals surface area contributed by atoms with Crippen LogP contribution in [0.2, 0.25) is 5.02 Å². The Hall–Kier alpha value is -2.00. The minimum Gasteiger partial charge on any atom is -0.493 e. The van der Waals surface area contributed by atoms with Crippen LogP contribution in [-0.2, 0) is 0 Å². The second-order valence-electron chi connectivity index (χ2n) is 4.76. The molecule has 3 rings (SSSR count). The number of hydrogen-bond donors (Lipinski definition) is 1. The topological polar surface area (TPSA) is 38.3 Å². The van der Waals surface area contributed by atoms with Crippen molar-refractivity contribution in [3.8, 4) is 5.75 Å². The molecule has 1 unspecified atom stereocenters. The van der Waals surface area contributed by atoms with Crippen molar-refractivity contribution in [2.75, 3.05) is 13.2 Å². The molecule has 0 aromatic heterocycles. The number of fused-ring (bicyclic) bond motifs is 1. The van der Waals surface area contributed by atoms with Crippen LogP contribution in [0.15, 0.2) is 48.5 Å². The second kappa shape index (κ2) is 5.55. The van der Waals surface area contributed by atoms with Gasteiger partial charge in [-0.1, -0.05) is 29.8 Å². The lowest BCUT2D eigenvalue weighted by atomic mass is 10.0. The van der Waals surface area contributed by atoms with Crippen LogP contribution >= 0.6 is 11.6 Å². The zero-order chi connectivity index (χ0) is 13.9. The van der Waals surface area contributed by atoms with E-state index in [1.807, 2.05) is 24.3 Å². The Morgan fingerprint density at radius 2 is 1.95 bits per heavy atom. The number of para-hydroxylation sites is 1. The van der Waals surface area contributed by atoms with Crippen molar-refractivity contribution in [2.24, 2.45) is 0 Å². The van der Waals surface area contributed by atoms with E-state index in [1.54, 1.807) is 24.3 Å². The third kappa shape index (κ3) is 2.63. The van der Waals surface area contributed by atoms with Gasteiger partial charge in [0.2, 0.25) is 0 Å². The summed E-state index contributed by atoms with van der Waals surface area (Å²) in [5.41, 5.74) is 1.77. The van der Waals surface area contributed by atoms with Crippen LogP contribution in [0.1, 0.15) is 21.8 Å². The van der Waals surface area contributed by atoms with E-state index in [9.17, 15) is 4.79 Å². The van der Waals surface area contributed by atoms with Crippen LogP contribution in [0.3, 0.4) is 0 Å². The Balaban J connectivity index is 1.63. The molecule has 0 radical (unpaired) electrons. The summed E-state index contributed by atoms with van der Waals surface area (Å²) in [5.74, 6) is 1.03. The van der Waals surface area contributed by atoms with Gasteiger partial charge in [0.05, 0.1) is 6.61 Å². The molecule has 1 N–H and O–H groups in total. The lowest BCUT2D eigenvalue weighted by Crippen LogP contribution is -2.28. The van der Waals surface area contributed by atoms with Gasteiger partial charge in [-0.2, -0.15) is 0 Å². The van der Waals surface area contributed by atoms with Crippen molar-refractivity contribution >= 4 is 17.5 Å². The van der Waals surface area contributed by atoms with E-state index < -0.39 is 0 Å². The molecule has 0 fully saturated rings. The van der Waals surface area contributed by atoms with E-state index in [1.165, 1.54) is 0 Å². The molecule has 4 heteroatoms. The highest BCUT2D eigenvalue weighted by Crippen LogP contribution is 2.32. The van der Waals surface area contributed by atoms with Crippen LogP contribution in [-0.4, -0.2) is 19.1 Å². The monoisotopic (exact) mass is 287 g/mol. The van der Waals surface area contributed by atoms with Gasteiger partial charge in [-0.3, -0.25) is 4.79 Å². The Morgan fingerprint density at radius 3 is 2.75 bits per heavy atom. The van der Waals surface area contributed by atoms with E-state index >= 15 is 0 Å². The Bertz CT molecular complexity index is 625. The highest BCUT2D eigenvalue weighted by molar-refractivity contribution is 6.30. The minimum atomic E-state index is -0.0916. The van der Waals surface area contributed by atoms with Crippen molar-refractivity contribution in [3.05, 3.63) is 64.7 Å². The number of benzene rings is 2. The predicted molar refractivity (Wildman–Crippen MR) is 78.5 cm³/mol. The molecule has 2 aromatic carbocycles. The molecule has 1 aliphatic rings. The highest BCUT2D eigenvalue weighted by Gasteiger charge is 2.23. The molecule has 0 saturated carbocycles. The number of carbonyl (C=O) groups excluding carboxylic acids is 1. The number of nitrogens with one attached hydrogen (secondary N) is 1. The van der Waals surface area contributed by atoms with Crippen LogP contribution in [0.5, 0.6) is 5.75 Å². The fourth-order valence-electron chi connectivity index (χ4n) is 2.32. The summed E-state index contributed by atoms with van der Waals surface area (Å²) in [6.07, 6.45) is 0. The molecule has 20 heavy (non-hydrogen) atoms. The van der Waals surface area contributed by atoms with Gasteiger partial charge in [-0.05, 0) is 30.3 Å². The highest BCUT2D eigenvalue weighted by atomic mass is 35.5. The normalized spacial score (nSPS) is 16.4. The molecule has 1 heterocycles. The summed E-state index contributed by atoms with van der Waals surface area (Å²) in [4.78, 5) is 12.0. The number of amides is 1. The first kappa shape index (κ1) is 13.0. The zero-order valence-corrected chi connectivity index (χ0v) is 11.6. The van der Waals surface area contributed by atoms with Gasteiger partial charge in [-0.25, -0.2) is 0 Å². The Kier molecular flexibility index (Phi) is 3.61. The van der Waals surface area contributed by atoms with Gasteiger partial charge in [0, 0.05) is 28.6 Å². The first-order chi connectivity index (χ1) is 9.74. The molecule has 0 saturated heterocycles. The maximum absolute atomic E-state index is 12.0. The molecule has 1 atom stereocenters. The summed E-state index contributed by atoms with van der Waals surface area (Å²) in [6.45, 7) is 1.18. The number of ether oxygens (including phenoxy) is 1. The fourth-order valence-corrected chi connectivity index (χ4v) is 2.44. The molecular formula is C16H14ClNO2. The molecule has 0 bridgehead atoms. The lowest BCUT2D eigenvalue weighted by Gasteiger charge is -2.10. The van der Waals surface area contributed by atoms with Crippen molar-refractivity contribution in [1.29, 1.82) is 0 Å². The first-order valence-corrected chi connectivity index (χ1v) is 6.87. The van der Waals surface area contributed by atoms with Crippen LogP contribution in [0.25, 0.3) is 0 Å². The van der Waals surface area contributed by atoms with E-state index in [-0.39, 0.29) is 11.8 Å². The second-order valence-corrected chi connectivity index (χ2v) is 5.20. The van der Waals surface area contributed by atoms with Crippen LogP contribution < -0.4 is 10.1 Å². The third-order valence-corrected chi connectivity index (χ3v) is 3.67. The van der Waals surface area contributed by atoms with Crippen molar-refractivity contribution < 1.29 is 9.53 Å². The minimum absolute atomic E-state index is 0.0916. The molecule has 1 aliphatic heterocycles. The summed E-state index contributed by atoms with van der Waals surface area (Å²) >= 11 is 5.81. The van der Waals surface area contributed by atoms with Crippen molar-refractivity contribution in [1.82, 2.24) is 5.32 Å². The molecule has 102 valence electrons. The van der Waals surface area contributed by atoms with Gasteiger partial charge in [0.15, 0.2) is 0 Å². The van der Waals surface area contributed by atoms with Crippen molar-refractivity contribution in [2.45, 2.75) is 5.92 Å². The molecule has 3 nitrogen and oxygen atoms in total. The van der Waals surface area contributed by atoms with Crippen molar-refractivity contribution in [3.63, 3.8) is 0 Å². The summed E-state index contributed by atoms with van der Waals surface area (Å²) in [7, 11) is 0.